The number of allylic oxidation sites excluding steroid dienone is 1. The van der Waals surface area contributed by atoms with Crippen molar-refractivity contribution < 1.29 is 32.9 Å². The number of carbonyl (C=O) groups is 1. The SMILES string of the molecule is CCCCCCCC/C=C/C(O)C(COP(=O)([O-])OCC[N+](C)(C)C)NC(=O)CCCCCCCCCCCCCCCCCCCCCCCCCCCCCCCCCCCC. The Kier molecular flexibility index (Phi) is 46.8. The molecule has 0 aromatic carbocycles. The van der Waals surface area contributed by atoms with Gasteiger partial charge in [0.25, 0.3) is 7.82 Å². The van der Waals surface area contributed by atoms with Gasteiger partial charge in [-0.2, -0.15) is 0 Å². The van der Waals surface area contributed by atoms with Crippen molar-refractivity contribution in [2.45, 2.75) is 296 Å². The lowest BCUT2D eigenvalue weighted by atomic mass is 10.0. The van der Waals surface area contributed by atoms with Gasteiger partial charge < -0.3 is 28.8 Å². The molecule has 0 aromatic heterocycles. The molecule has 0 saturated carbocycles. The molecule has 0 aliphatic heterocycles. The lowest BCUT2D eigenvalue weighted by molar-refractivity contribution is -0.870. The van der Waals surface area contributed by atoms with Crippen LogP contribution in [0.25, 0.3) is 0 Å². The van der Waals surface area contributed by atoms with E-state index in [2.05, 4.69) is 19.2 Å². The van der Waals surface area contributed by atoms with Crippen LogP contribution in [0, 0.1) is 0 Å². The van der Waals surface area contributed by atoms with Crippen LogP contribution in [0.15, 0.2) is 12.2 Å². The predicted octanol–water partition coefficient (Wildman–Crippen LogP) is 16.0. The highest BCUT2D eigenvalue weighted by Gasteiger charge is 2.23. The number of aliphatic hydroxyl groups excluding tert-OH is 1. The van der Waals surface area contributed by atoms with Crippen molar-refractivity contribution in [1.29, 1.82) is 0 Å². The van der Waals surface area contributed by atoms with Crippen molar-refractivity contribution >= 4 is 13.7 Å². The number of nitrogens with zero attached hydrogens (tertiary/aromatic N) is 1. The van der Waals surface area contributed by atoms with Gasteiger partial charge in [0.1, 0.15) is 13.2 Å². The Morgan fingerprint density at radius 3 is 1.17 bits per heavy atom. The van der Waals surface area contributed by atoms with Gasteiger partial charge in [0.05, 0.1) is 39.9 Å². The van der Waals surface area contributed by atoms with E-state index >= 15 is 0 Å². The Morgan fingerprint density at radius 2 is 0.844 bits per heavy atom. The third kappa shape index (κ3) is 49.2. The summed E-state index contributed by atoms with van der Waals surface area (Å²) < 4.78 is 23.2. The summed E-state index contributed by atoms with van der Waals surface area (Å²) in [7, 11) is 1.27. The molecule has 0 bridgehead atoms. The first-order valence-electron chi connectivity index (χ1n) is 28.1. The largest absolute Gasteiger partial charge is 0.756 e. The highest BCUT2D eigenvalue weighted by molar-refractivity contribution is 7.45. The van der Waals surface area contributed by atoms with Gasteiger partial charge in [-0.15, -0.1) is 0 Å². The number of carbonyl (C=O) groups excluding carboxylic acids is 1. The van der Waals surface area contributed by atoms with E-state index in [-0.39, 0.29) is 19.1 Å². The Balaban J connectivity index is 3.81. The quantitative estimate of drug-likeness (QED) is 0.0272. The van der Waals surface area contributed by atoms with E-state index in [1.165, 1.54) is 225 Å². The van der Waals surface area contributed by atoms with Crippen LogP contribution in [-0.4, -0.2) is 68.5 Å². The van der Waals surface area contributed by atoms with E-state index in [9.17, 15) is 19.4 Å². The number of likely N-dealkylation sites (N-methyl/N-ethyl adjacent to an activating group) is 1. The number of quaternary nitrogens is 1. The maximum atomic E-state index is 12.9. The monoisotopic (exact) mass is 927 g/mol. The van der Waals surface area contributed by atoms with Crippen molar-refractivity contribution in [3.8, 4) is 0 Å². The van der Waals surface area contributed by atoms with Gasteiger partial charge in [0, 0.05) is 6.42 Å². The Bertz CT molecular complexity index is 1050. The minimum atomic E-state index is -4.58. The molecule has 382 valence electrons. The van der Waals surface area contributed by atoms with Gasteiger partial charge in [-0.1, -0.05) is 270 Å². The summed E-state index contributed by atoms with van der Waals surface area (Å²) >= 11 is 0. The minimum Gasteiger partial charge on any atom is -0.756 e. The molecule has 0 spiro atoms. The van der Waals surface area contributed by atoms with Crippen LogP contribution >= 0.6 is 7.82 Å². The van der Waals surface area contributed by atoms with Crippen LogP contribution in [0.5, 0.6) is 0 Å². The fourth-order valence-corrected chi connectivity index (χ4v) is 9.29. The molecule has 0 aliphatic carbocycles. The average Bonchev–Trinajstić information content (AvgIpc) is 3.25. The average molecular weight is 927 g/mol. The van der Waals surface area contributed by atoms with E-state index in [4.69, 9.17) is 9.05 Å². The third-order valence-electron chi connectivity index (χ3n) is 13.0. The molecule has 64 heavy (non-hydrogen) atoms. The van der Waals surface area contributed by atoms with Crippen LogP contribution in [0.1, 0.15) is 284 Å². The van der Waals surface area contributed by atoms with Gasteiger partial charge in [0.2, 0.25) is 5.91 Å². The lowest BCUT2D eigenvalue weighted by Crippen LogP contribution is -2.45. The first kappa shape index (κ1) is 63.2. The molecule has 2 N–H and O–H groups in total. The number of hydrogen-bond donors (Lipinski definition) is 2. The number of phosphoric ester groups is 1. The number of rotatable bonds is 52. The number of hydrogen-bond acceptors (Lipinski definition) is 6. The second kappa shape index (κ2) is 47.3. The molecule has 0 fully saturated rings. The van der Waals surface area contributed by atoms with Gasteiger partial charge in [-0.05, 0) is 19.3 Å². The van der Waals surface area contributed by atoms with Gasteiger partial charge in [0.15, 0.2) is 0 Å². The van der Waals surface area contributed by atoms with Crippen LogP contribution in [0.4, 0.5) is 0 Å². The zero-order valence-corrected chi connectivity index (χ0v) is 44.4. The Labute approximate surface area is 399 Å². The molecule has 0 rings (SSSR count). The second-order valence-corrected chi connectivity index (χ2v) is 22.1. The van der Waals surface area contributed by atoms with Crippen molar-refractivity contribution in [3.05, 3.63) is 12.2 Å². The van der Waals surface area contributed by atoms with Crippen LogP contribution in [0.2, 0.25) is 0 Å². The predicted molar refractivity (Wildman–Crippen MR) is 275 cm³/mol. The number of unbranched alkanes of at least 4 members (excludes halogenated alkanes) is 39. The smallest absolute Gasteiger partial charge is 0.268 e. The van der Waals surface area contributed by atoms with E-state index < -0.39 is 20.0 Å². The summed E-state index contributed by atoms with van der Waals surface area (Å²) in [6, 6.07) is -0.879. The van der Waals surface area contributed by atoms with E-state index in [1.54, 1.807) is 6.08 Å². The maximum Gasteiger partial charge on any atom is 0.268 e. The topological polar surface area (TPSA) is 108 Å². The van der Waals surface area contributed by atoms with Crippen molar-refractivity contribution in [3.63, 3.8) is 0 Å². The number of nitrogens with one attached hydrogen (secondary N) is 1. The molecule has 1 amide bonds. The van der Waals surface area contributed by atoms with Crippen molar-refractivity contribution in [1.82, 2.24) is 5.32 Å². The highest BCUT2D eigenvalue weighted by atomic mass is 31.2. The summed E-state index contributed by atoms with van der Waals surface area (Å²) in [6.45, 7) is 4.63. The first-order chi connectivity index (χ1) is 31.0. The molecule has 8 nitrogen and oxygen atoms in total. The summed E-state index contributed by atoms with van der Waals surface area (Å²) in [4.78, 5) is 25.3. The van der Waals surface area contributed by atoms with E-state index in [1.807, 2.05) is 27.2 Å². The summed E-state index contributed by atoms with van der Waals surface area (Å²) in [6.07, 6.45) is 57.6. The lowest BCUT2D eigenvalue weighted by Gasteiger charge is -2.29. The highest BCUT2D eigenvalue weighted by Crippen LogP contribution is 2.38. The second-order valence-electron chi connectivity index (χ2n) is 20.7. The molecule has 3 atom stereocenters. The van der Waals surface area contributed by atoms with Crippen LogP contribution < -0.4 is 10.2 Å². The molecular weight excluding hydrogens is 816 g/mol. The minimum absolute atomic E-state index is 0.00174. The summed E-state index contributed by atoms with van der Waals surface area (Å²) in [5.74, 6) is -0.195. The normalized spacial score (nSPS) is 14.0. The molecule has 0 saturated heterocycles. The maximum absolute atomic E-state index is 12.9. The van der Waals surface area contributed by atoms with Gasteiger partial charge >= 0.3 is 0 Å². The molecule has 9 heteroatoms. The number of aliphatic hydroxyl groups is 1. The molecule has 0 aromatic rings. The van der Waals surface area contributed by atoms with Gasteiger partial charge in [-0.3, -0.25) is 9.36 Å². The zero-order chi connectivity index (χ0) is 47.1. The standard InChI is InChI=1S/C55H111N2O6P/c1-6-8-10-12-14-16-17-18-19-20-21-22-23-24-25-26-27-28-29-30-31-32-33-34-35-36-37-38-39-40-41-43-45-47-49-55(59)56-53(52-63-64(60,61)62-51-50-57(3,4)5)54(58)48-46-44-42-15-13-11-9-7-2/h46,48,53-54,58H,6-45,47,49-52H2,1-5H3,(H-,56,59,60,61)/b48-46+. The fourth-order valence-electron chi connectivity index (χ4n) is 8.57. The molecule has 0 aliphatic rings. The van der Waals surface area contributed by atoms with Crippen LogP contribution in [-0.2, 0) is 18.4 Å². The molecule has 0 heterocycles. The Hall–Kier alpha value is -0.760. The molecular formula is C55H111N2O6P. The number of amides is 1. The Morgan fingerprint density at radius 1 is 0.531 bits per heavy atom. The first-order valence-corrected chi connectivity index (χ1v) is 29.5. The van der Waals surface area contributed by atoms with Gasteiger partial charge in [-0.25, -0.2) is 0 Å². The van der Waals surface area contributed by atoms with E-state index in [0.29, 0.717) is 17.4 Å². The van der Waals surface area contributed by atoms with E-state index in [0.717, 1.165) is 38.5 Å². The number of phosphoric acid groups is 1. The molecule has 0 radical (unpaired) electrons. The van der Waals surface area contributed by atoms with Crippen LogP contribution in [0.3, 0.4) is 0 Å². The van der Waals surface area contributed by atoms with Crippen molar-refractivity contribution in [2.24, 2.45) is 0 Å². The zero-order valence-electron chi connectivity index (χ0n) is 43.5. The fraction of sp³-hybridized carbons (Fsp3) is 0.945. The van der Waals surface area contributed by atoms with Crippen molar-refractivity contribution in [2.75, 3.05) is 40.9 Å². The summed E-state index contributed by atoms with van der Waals surface area (Å²) in [5, 5.41) is 13.7. The molecule has 3 unspecified atom stereocenters. The summed E-state index contributed by atoms with van der Waals surface area (Å²) in [5.41, 5.74) is 0. The third-order valence-corrected chi connectivity index (χ3v) is 14.0.